The Hall–Kier alpha value is -2.54. The lowest BCUT2D eigenvalue weighted by Gasteiger charge is -2.01. The molecule has 0 spiro atoms. The number of aromatic amines is 1. The van der Waals surface area contributed by atoms with E-state index in [1.54, 1.807) is 17.1 Å². The van der Waals surface area contributed by atoms with Crippen molar-refractivity contribution in [3.63, 3.8) is 0 Å². The molecule has 0 unspecified atom stereocenters. The van der Waals surface area contributed by atoms with Gasteiger partial charge in [0.1, 0.15) is 0 Å². The van der Waals surface area contributed by atoms with Gasteiger partial charge in [0.25, 0.3) is 0 Å². The number of rotatable bonds is 1. The molecule has 0 bridgehead atoms. The van der Waals surface area contributed by atoms with E-state index < -0.39 is 0 Å². The van der Waals surface area contributed by atoms with Crippen LogP contribution in [0.1, 0.15) is 0 Å². The summed E-state index contributed by atoms with van der Waals surface area (Å²) in [5.74, 6) is 0. The second-order valence-electron chi connectivity index (χ2n) is 3.99. The molecule has 0 aliphatic carbocycles. The number of benzene rings is 1. The van der Waals surface area contributed by atoms with E-state index >= 15 is 0 Å². The Morgan fingerprint density at radius 1 is 1.21 bits per heavy atom. The van der Waals surface area contributed by atoms with Crippen LogP contribution in [0.5, 0.6) is 0 Å². The molecule has 4 rings (SSSR count). The van der Waals surface area contributed by atoms with Gasteiger partial charge in [-0.1, -0.05) is 5.21 Å². The Bertz CT molecular complexity index is 894. The first-order valence-corrected chi connectivity index (χ1v) is 5.86. The zero-order chi connectivity index (χ0) is 12.8. The van der Waals surface area contributed by atoms with Crippen LogP contribution in [0.15, 0.2) is 30.6 Å². The summed E-state index contributed by atoms with van der Waals surface area (Å²) in [6.45, 7) is 0. The summed E-state index contributed by atoms with van der Waals surface area (Å²) in [4.78, 5) is 8.02. The van der Waals surface area contributed by atoms with Crippen LogP contribution < -0.4 is 0 Å². The molecular weight excluding hydrogens is 266 g/mol. The van der Waals surface area contributed by atoms with Crippen LogP contribution in [-0.2, 0) is 0 Å². The molecule has 92 valence electrons. The normalized spacial score (nSPS) is 11.4. The quantitative estimate of drug-likeness (QED) is 0.533. The maximum atomic E-state index is 5.81. The first-order chi connectivity index (χ1) is 9.31. The molecule has 0 aliphatic heterocycles. The van der Waals surface area contributed by atoms with E-state index in [1.165, 1.54) is 0 Å². The molecule has 0 radical (unpaired) electrons. The molecular formula is C11H6ClN7. The molecule has 1 N–H and O–H groups in total. The maximum Gasteiger partial charge on any atom is 0.224 e. The Labute approximate surface area is 111 Å². The van der Waals surface area contributed by atoms with Gasteiger partial charge in [-0.3, -0.25) is 5.10 Å². The largest absolute Gasteiger partial charge is 0.278 e. The molecule has 0 amide bonds. The van der Waals surface area contributed by atoms with E-state index in [0.717, 1.165) is 16.6 Å². The number of aromatic nitrogens is 7. The van der Waals surface area contributed by atoms with Crippen LogP contribution >= 0.6 is 11.6 Å². The van der Waals surface area contributed by atoms with E-state index in [-0.39, 0.29) is 5.28 Å². The average molecular weight is 272 g/mol. The number of hydrogen-bond donors (Lipinski definition) is 1. The summed E-state index contributed by atoms with van der Waals surface area (Å²) >= 11 is 5.81. The van der Waals surface area contributed by atoms with Gasteiger partial charge in [0.05, 0.1) is 23.6 Å². The molecule has 7 nitrogen and oxygen atoms in total. The molecule has 0 aliphatic rings. The van der Waals surface area contributed by atoms with E-state index in [1.807, 2.05) is 18.2 Å². The number of fused-ring (bicyclic) bond motifs is 2. The number of hydrogen-bond acceptors (Lipinski definition) is 5. The van der Waals surface area contributed by atoms with Crippen LogP contribution in [0.25, 0.3) is 27.8 Å². The molecule has 0 saturated carbocycles. The highest BCUT2D eigenvalue weighted by Gasteiger charge is 2.10. The van der Waals surface area contributed by atoms with Crippen LogP contribution in [0.2, 0.25) is 5.28 Å². The van der Waals surface area contributed by atoms with Crippen LogP contribution in [0.3, 0.4) is 0 Å². The Kier molecular flexibility index (Phi) is 2.04. The minimum absolute atomic E-state index is 0.165. The summed E-state index contributed by atoms with van der Waals surface area (Å²) in [6, 6.07) is 5.79. The molecule has 3 aromatic heterocycles. The lowest BCUT2D eigenvalue weighted by molar-refractivity contribution is 0.818. The molecule has 0 saturated heterocycles. The van der Waals surface area contributed by atoms with E-state index in [4.69, 9.17) is 11.6 Å². The fourth-order valence-corrected chi connectivity index (χ4v) is 2.07. The predicted molar refractivity (Wildman–Crippen MR) is 69.1 cm³/mol. The third-order valence-electron chi connectivity index (χ3n) is 2.83. The van der Waals surface area contributed by atoms with Gasteiger partial charge in [-0.15, -0.1) is 5.10 Å². The number of halogens is 1. The molecule has 19 heavy (non-hydrogen) atoms. The SMILES string of the molecule is Clc1ncc2nnn(-c3ccc4cn[nH]c4c3)c2n1. The molecule has 3 heterocycles. The number of nitrogens with one attached hydrogen (secondary N) is 1. The minimum Gasteiger partial charge on any atom is -0.278 e. The van der Waals surface area contributed by atoms with E-state index in [2.05, 4.69) is 30.5 Å². The molecule has 0 fully saturated rings. The van der Waals surface area contributed by atoms with Crippen molar-refractivity contribution in [2.45, 2.75) is 0 Å². The monoisotopic (exact) mass is 271 g/mol. The van der Waals surface area contributed by atoms with Crippen LogP contribution in [0, 0.1) is 0 Å². The van der Waals surface area contributed by atoms with Gasteiger partial charge in [-0.25, -0.2) is 4.98 Å². The second-order valence-corrected chi connectivity index (χ2v) is 4.33. The predicted octanol–water partition coefficient (Wildman–Crippen LogP) is 1.74. The summed E-state index contributed by atoms with van der Waals surface area (Å²) in [6.07, 6.45) is 3.31. The summed E-state index contributed by atoms with van der Waals surface area (Å²) in [7, 11) is 0. The molecule has 8 heteroatoms. The fourth-order valence-electron chi connectivity index (χ4n) is 1.94. The van der Waals surface area contributed by atoms with Gasteiger partial charge in [0, 0.05) is 5.39 Å². The lowest BCUT2D eigenvalue weighted by atomic mass is 10.2. The fraction of sp³-hybridized carbons (Fsp3) is 0. The van der Waals surface area contributed by atoms with Crippen molar-refractivity contribution in [3.8, 4) is 5.69 Å². The minimum atomic E-state index is 0.165. The Balaban J connectivity index is 2.00. The highest BCUT2D eigenvalue weighted by Crippen LogP contribution is 2.19. The highest BCUT2D eigenvalue weighted by molar-refractivity contribution is 6.28. The maximum absolute atomic E-state index is 5.81. The topological polar surface area (TPSA) is 85.2 Å². The van der Waals surface area contributed by atoms with Gasteiger partial charge in [-0.05, 0) is 29.8 Å². The summed E-state index contributed by atoms with van der Waals surface area (Å²) in [5, 5.41) is 16.2. The van der Waals surface area contributed by atoms with Gasteiger partial charge in [0.15, 0.2) is 11.2 Å². The van der Waals surface area contributed by atoms with Crippen molar-refractivity contribution in [2.24, 2.45) is 0 Å². The van der Waals surface area contributed by atoms with Crippen molar-refractivity contribution >= 4 is 33.7 Å². The smallest absolute Gasteiger partial charge is 0.224 e. The van der Waals surface area contributed by atoms with Gasteiger partial charge in [0.2, 0.25) is 5.28 Å². The first kappa shape index (κ1) is 10.4. The lowest BCUT2D eigenvalue weighted by Crippen LogP contribution is -1.98. The number of nitrogens with zero attached hydrogens (tertiary/aromatic N) is 6. The third-order valence-corrected chi connectivity index (χ3v) is 3.02. The van der Waals surface area contributed by atoms with Gasteiger partial charge >= 0.3 is 0 Å². The zero-order valence-corrected chi connectivity index (χ0v) is 10.2. The molecule has 0 atom stereocenters. The number of H-pyrrole nitrogens is 1. The average Bonchev–Trinajstić information content (AvgIpc) is 3.03. The highest BCUT2D eigenvalue weighted by atomic mass is 35.5. The van der Waals surface area contributed by atoms with E-state index in [9.17, 15) is 0 Å². The van der Waals surface area contributed by atoms with Crippen molar-refractivity contribution < 1.29 is 0 Å². The summed E-state index contributed by atoms with van der Waals surface area (Å²) < 4.78 is 1.61. The Morgan fingerprint density at radius 2 is 2.16 bits per heavy atom. The van der Waals surface area contributed by atoms with Crippen LogP contribution in [0.4, 0.5) is 0 Å². The van der Waals surface area contributed by atoms with Crippen LogP contribution in [-0.4, -0.2) is 35.2 Å². The Morgan fingerprint density at radius 3 is 3.11 bits per heavy atom. The third kappa shape index (κ3) is 1.55. The van der Waals surface area contributed by atoms with Gasteiger partial charge in [-0.2, -0.15) is 14.8 Å². The van der Waals surface area contributed by atoms with Crippen molar-refractivity contribution in [1.82, 2.24) is 35.2 Å². The first-order valence-electron chi connectivity index (χ1n) is 5.49. The summed E-state index contributed by atoms with van der Waals surface area (Å²) in [5.41, 5.74) is 2.91. The van der Waals surface area contributed by atoms with Crippen molar-refractivity contribution in [1.29, 1.82) is 0 Å². The molecule has 4 aromatic rings. The standard InChI is InChI=1S/C11H6ClN7/c12-11-13-5-9-10(15-11)19(18-17-9)7-2-1-6-4-14-16-8(6)3-7/h1-5H,(H,14,16). The van der Waals surface area contributed by atoms with Crippen molar-refractivity contribution in [3.05, 3.63) is 35.9 Å². The van der Waals surface area contributed by atoms with Gasteiger partial charge < -0.3 is 0 Å². The van der Waals surface area contributed by atoms with Crippen molar-refractivity contribution in [2.75, 3.05) is 0 Å². The molecule has 1 aromatic carbocycles. The van der Waals surface area contributed by atoms with E-state index in [0.29, 0.717) is 11.2 Å². The zero-order valence-electron chi connectivity index (χ0n) is 9.45. The second kappa shape index (κ2) is 3.72.